The van der Waals surface area contributed by atoms with E-state index in [0.717, 1.165) is 33.7 Å². The maximum atomic E-state index is 6.28. The van der Waals surface area contributed by atoms with E-state index in [2.05, 4.69) is 51.7 Å². The molecule has 0 fully saturated rings. The molecule has 4 heteroatoms. The molecular formula is C13H13BrClNS. The highest BCUT2D eigenvalue weighted by molar-refractivity contribution is 9.10. The first-order valence-electron chi connectivity index (χ1n) is 5.45. The SMILES string of the molecule is CCNCc1ccc(-c2sccc2Br)cc1Cl. The standard InChI is InChI=1S/C13H13BrClNS/c1-2-16-8-10-4-3-9(7-12(10)15)13-11(14)5-6-17-13/h3-7,16H,2,8H2,1H3. The van der Waals surface area contributed by atoms with Crippen LogP contribution in [0.1, 0.15) is 12.5 Å². The van der Waals surface area contributed by atoms with E-state index in [1.54, 1.807) is 11.3 Å². The zero-order valence-corrected chi connectivity index (χ0v) is 12.6. The Kier molecular flexibility index (Phi) is 4.62. The molecule has 0 radical (unpaired) electrons. The normalized spacial score (nSPS) is 10.8. The second-order valence-corrected chi connectivity index (χ2v) is 5.86. The van der Waals surface area contributed by atoms with Gasteiger partial charge in [-0.3, -0.25) is 0 Å². The van der Waals surface area contributed by atoms with Crippen LogP contribution < -0.4 is 5.32 Å². The lowest BCUT2D eigenvalue weighted by molar-refractivity contribution is 0.727. The van der Waals surface area contributed by atoms with Crippen molar-refractivity contribution in [3.8, 4) is 10.4 Å². The molecule has 90 valence electrons. The van der Waals surface area contributed by atoms with Crippen LogP contribution in [-0.4, -0.2) is 6.54 Å². The highest BCUT2D eigenvalue weighted by atomic mass is 79.9. The average Bonchev–Trinajstić information content (AvgIpc) is 2.74. The van der Waals surface area contributed by atoms with Gasteiger partial charge in [0.25, 0.3) is 0 Å². The lowest BCUT2D eigenvalue weighted by atomic mass is 10.1. The first-order valence-corrected chi connectivity index (χ1v) is 7.50. The van der Waals surface area contributed by atoms with Gasteiger partial charge in [-0.25, -0.2) is 0 Å². The molecule has 0 aliphatic heterocycles. The Morgan fingerprint density at radius 2 is 2.18 bits per heavy atom. The molecular weight excluding hydrogens is 318 g/mol. The van der Waals surface area contributed by atoms with E-state index >= 15 is 0 Å². The Labute approximate surface area is 119 Å². The molecule has 0 saturated carbocycles. The molecule has 0 amide bonds. The van der Waals surface area contributed by atoms with Crippen LogP contribution in [0.25, 0.3) is 10.4 Å². The summed E-state index contributed by atoms with van der Waals surface area (Å²) in [6.07, 6.45) is 0. The monoisotopic (exact) mass is 329 g/mol. The fraction of sp³-hybridized carbons (Fsp3) is 0.231. The fourth-order valence-electron chi connectivity index (χ4n) is 1.59. The van der Waals surface area contributed by atoms with Gasteiger partial charge in [0, 0.05) is 20.9 Å². The van der Waals surface area contributed by atoms with Crippen LogP contribution >= 0.6 is 38.9 Å². The van der Waals surface area contributed by atoms with Gasteiger partial charge in [0.1, 0.15) is 0 Å². The second kappa shape index (κ2) is 6.01. The molecule has 0 spiro atoms. The number of hydrogen-bond acceptors (Lipinski definition) is 2. The van der Waals surface area contributed by atoms with E-state index < -0.39 is 0 Å². The van der Waals surface area contributed by atoms with Crippen molar-refractivity contribution >= 4 is 38.9 Å². The molecule has 1 heterocycles. The van der Waals surface area contributed by atoms with E-state index in [0.29, 0.717) is 0 Å². The van der Waals surface area contributed by atoms with Crippen LogP contribution in [0.3, 0.4) is 0 Å². The second-order valence-electron chi connectivity index (χ2n) is 3.68. The fourth-order valence-corrected chi connectivity index (χ4v) is 3.44. The topological polar surface area (TPSA) is 12.0 Å². The highest BCUT2D eigenvalue weighted by Crippen LogP contribution is 2.35. The predicted octanol–water partition coefficient (Wildman–Crippen LogP) is 4.94. The van der Waals surface area contributed by atoms with Crippen molar-refractivity contribution in [3.63, 3.8) is 0 Å². The van der Waals surface area contributed by atoms with Crippen LogP contribution in [0.4, 0.5) is 0 Å². The van der Waals surface area contributed by atoms with E-state index in [4.69, 9.17) is 11.6 Å². The average molecular weight is 331 g/mol. The molecule has 0 atom stereocenters. The van der Waals surface area contributed by atoms with Gasteiger partial charge in [-0.05, 0) is 51.1 Å². The maximum absolute atomic E-state index is 6.28. The molecule has 0 aliphatic carbocycles. The van der Waals surface area contributed by atoms with E-state index in [-0.39, 0.29) is 0 Å². The molecule has 1 nitrogen and oxygen atoms in total. The lowest BCUT2D eigenvalue weighted by Crippen LogP contribution is -2.11. The van der Waals surface area contributed by atoms with Gasteiger partial charge >= 0.3 is 0 Å². The molecule has 17 heavy (non-hydrogen) atoms. The first-order chi connectivity index (χ1) is 8.22. The van der Waals surface area contributed by atoms with Crippen molar-refractivity contribution in [1.29, 1.82) is 0 Å². The molecule has 0 unspecified atom stereocenters. The summed E-state index contributed by atoms with van der Waals surface area (Å²) in [4.78, 5) is 1.22. The summed E-state index contributed by atoms with van der Waals surface area (Å²) in [6.45, 7) is 3.86. The zero-order valence-electron chi connectivity index (χ0n) is 9.47. The van der Waals surface area contributed by atoms with E-state index in [1.807, 2.05) is 6.07 Å². The Morgan fingerprint density at radius 1 is 1.35 bits per heavy atom. The number of thiophene rings is 1. The number of nitrogens with one attached hydrogen (secondary N) is 1. The molecule has 1 aromatic carbocycles. The lowest BCUT2D eigenvalue weighted by Gasteiger charge is -2.07. The van der Waals surface area contributed by atoms with Crippen LogP contribution in [-0.2, 0) is 6.54 Å². The largest absolute Gasteiger partial charge is 0.313 e. The third-order valence-electron chi connectivity index (χ3n) is 2.50. The molecule has 2 rings (SSSR count). The van der Waals surface area contributed by atoms with Gasteiger partial charge in [0.05, 0.1) is 0 Å². The van der Waals surface area contributed by atoms with Gasteiger partial charge < -0.3 is 5.32 Å². The van der Waals surface area contributed by atoms with E-state index in [1.165, 1.54) is 4.88 Å². The quantitative estimate of drug-likeness (QED) is 0.837. The molecule has 0 aliphatic rings. The highest BCUT2D eigenvalue weighted by Gasteiger charge is 2.07. The van der Waals surface area contributed by atoms with Gasteiger partial charge in [0.15, 0.2) is 0 Å². The minimum atomic E-state index is 0.821. The summed E-state index contributed by atoms with van der Waals surface area (Å²) in [5.41, 5.74) is 2.31. The van der Waals surface area contributed by atoms with Crippen LogP contribution in [0, 0.1) is 0 Å². The van der Waals surface area contributed by atoms with Crippen molar-refractivity contribution in [2.75, 3.05) is 6.54 Å². The minimum Gasteiger partial charge on any atom is -0.313 e. The van der Waals surface area contributed by atoms with Gasteiger partial charge in [-0.2, -0.15) is 0 Å². The van der Waals surface area contributed by atoms with Crippen LogP contribution in [0.5, 0.6) is 0 Å². The van der Waals surface area contributed by atoms with Gasteiger partial charge in [-0.15, -0.1) is 11.3 Å². The number of benzene rings is 1. The van der Waals surface area contributed by atoms with Gasteiger partial charge in [0.2, 0.25) is 0 Å². The summed E-state index contributed by atoms with van der Waals surface area (Å²) in [6, 6.07) is 8.30. The van der Waals surface area contributed by atoms with E-state index in [9.17, 15) is 0 Å². The Morgan fingerprint density at radius 3 is 2.76 bits per heavy atom. The summed E-state index contributed by atoms with van der Waals surface area (Å²) in [7, 11) is 0. The minimum absolute atomic E-state index is 0.821. The molecule has 1 N–H and O–H groups in total. The number of rotatable bonds is 4. The number of halogens is 2. The maximum Gasteiger partial charge on any atom is 0.0485 e. The third-order valence-corrected chi connectivity index (χ3v) is 4.74. The summed E-state index contributed by atoms with van der Waals surface area (Å²) in [5.74, 6) is 0. The molecule has 2 aromatic rings. The van der Waals surface area contributed by atoms with Crippen LogP contribution in [0.15, 0.2) is 34.1 Å². The van der Waals surface area contributed by atoms with Crippen molar-refractivity contribution in [2.24, 2.45) is 0 Å². The number of hydrogen-bond donors (Lipinski definition) is 1. The van der Waals surface area contributed by atoms with Crippen molar-refractivity contribution in [1.82, 2.24) is 5.32 Å². The van der Waals surface area contributed by atoms with Crippen molar-refractivity contribution in [2.45, 2.75) is 13.5 Å². The molecule has 0 bridgehead atoms. The summed E-state index contributed by atoms with van der Waals surface area (Å²) < 4.78 is 1.12. The third kappa shape index (κ3) is 3.10. The van der Waals surface area contributed by atoms with Gasteiger partial charge in [-0.1, -0.05) is 30.7 Å². The molecule has 0 saturated heterocycles. The Hall–Kier alpha value is -0.350. The zero-order chi connectivity index (χ0) is 12.3. The Bertz CT molecular complexity index is 510. The summed E-state index contributed by atoms with van der Waals surface area (Å²) in [5, 5.41) is 6.17. The smallest absolute Gasteiger partial charge is 0.0485 e. The van der Waals surface area contributed by atoms with Crippen molar-refractivity contribution < 1.29 is 0 Å². The summed E-state index contributed by atoms with van der Waals surface area (Å²) >= 11 is 11.5. The van der Waals surface area contributed by atoms with Crippen LogP contribution in [0.2, 0.25) is 5.02 Å². The molecule has 1 aromatic heterocycles. The van der Waals surface area contributed by atoms with Crippen molar-refractivity contribution in [3.05, 3.63) is 44.7 Å². The Balaban J connectivity index is 2.28. The predicted molar refractivity (Wildman–Crippen MR) is 79.8 cm³/mol. The first kappa shape index (κ1) is 13.1.